The van der Waals surface area contributed by atoms with E-state index in [0.717, 1.165) is 31.4 Å². The minimum absolute atomic E-state index is 0.474. The van der Waals surface area contributed by atoms with Gasteiger partial charge in [0.1, 0.15) is 5.78 Å². The first kappa shape index (κ1) is 8.12. The summed E-state index contributed by atoms with van der Waals surface area (Å²) in [5.74, 6) is 2.12. The van der Waals surface area contributed by atoms with E-state index in [1.807, 2.05) is 11.8 Å². The van der Waals surface area contributed by atoms with Gasteiger partial charge in [-0.15, -0.1) is 0 Å². The van der Waals surface area contributed by atoms with E-state index in [-0.39, 0.29) is 0 Å². The molecule has 0 radical (unpaired) electrons. The molecule has 0 unspecified atom stereocenters. The SMILES string of the molecule is CSCCCC(=O)C1CC1. The van der Waals surface area contributed by atoms with Crippen LogP contribution in [0.2, 0.25) is 0 Å². The number of Topliss-reactive ketones (excluding diaryl/α,β-unsaturated/α-hetero) is 1. The van der Waals surface area contributed by atoms with Crippen molar-refractivity contribution in [2.75, 3.05) is 12.0 Å². The molecule has 1 nitrogen and oxygen atoms in total. The van der Waals surface area contributed by atoms with Gasteiger partial charge in [0.2, 0.25) is 0 Å². The number of carbonyl (C=O) groups excluding carboxylic acids is 1. The first-order chi connectivity index (χ1) is 4.84. The second kappa shape index (κ2) is 4.02. The lowest BCUT2D eigenvalue weighted by Gasteiger charge is -1.95. The van der Waals surface area contributed by atoms with Crippen molar-refractivity contribution in [1.82, 2.24) is 0 Å². The number of hydrogen-bond donors (Lipinski definition) is 0. The monoisotopic (exact) mass is 158 g/mol. The fourth-order valence-electron chi connectivity index (χ4n) is 1.00. The lowest BCUT2D eigenvalue weighted by Crippen LogP contribution is -1.99. The van der Waals surface area contributed by atoms with Crippen molar-refractivity contribution >= 4 is 17.5 Å². The van der Waals surface area contributed by atoms with E-state index in [1.54, 1.807) is 0 Å². The second-order valence-corrected chi connectivity index (χ2v) is 3.82. The predicted molar refractivity (Wildman–Crippen MR) is 45.3 cm³/mol. The molecule has 1 aliphatic carbocycles. The largest absolute Gasteiger partial charge is 0.299 e. The molecule has 0 atom stereocenters. The maximum Gasteiger partial charge on any atom is 0.136 e. The van der Waals surface area contributed by atoms with Crippen molar-refractivity contribution < 1.29 is 4.79 Å². The van der Waals surface area contributed by atoms with Gasteiger partial charge in [-0.25, -0.2) is 0 Å². The summed E-state index contributed by atoms with van der Waals surface area (Å²) in [4.78, 5) is 11.1. The average molecular weight is 158 g/mol. The van der Waals surface area contributed by atoms with Crippen LogP contribution in [-0.4, -0.2) is 17.8 Å². The summed E-state index contributed by atoms with van der Waals surface area (Å²) in [6.45, 7) is 0. The van der Waals surface area contributed by atoms with Crippen molar-refractivity contribution in [3.05, 3.63) is 0 Å². The molecular formula is C8H14OS. The minimum Gasteiger partial charge on any atom is -0.299 e. The van der Waals surface area contributed by atoms with Gasteiger partial charge >= 0.3 is 0 Å². The summed E-state index contributed by atoms with van der Waals surface area (Å²) < 4.78 is 0. The highest BCUT2D eigenvalue weighted by atomic mass is 32.2. The van der Waals surface area contributed by atoms with Crippen LogP contribution in [0.4, 0.5) is 0 Å². The summed E-state index contributed by atoms with van der Waals surface area (Å²) in [7, 11) is 0. The van der Waals surface area contributed by atoms with E-state index < -0.39 is 0 Å². The van der Waals surface area contributed by atoms with E-state index in [9.17, 15) is 4.79 Å². The van der Waals surface area contributed by atoms with Gasteiger partial charge in [0.25, 0.3) is 0 Å². The minimum atomic E-state index is 0.474. The van der Waals surface area contributed by atoms with Crippen LogP contribution in [-0.2, 0) is 4.79 Å². The van der Waals surface area contributed by atoms with E-state index in [0.29, 0.717) is 11.7 Å². The van der Waals surface area contributed by atoms with Crippen molar-refractivity contribution in [3.63, 3.8) is 0 Å². The molecule has 2 heteroatoms. The molecule has 1 aliphatic rings. The first-order valence-corrected chi connectivity index (χ1v) is 5.25. The average Bonchev–Trinajstić information content (AvgIpc) is 2.69. The highest BCUT2D eigenvalue weighted by Crippen LogP contribution is 2.31. The van der Waals surface area contributed by atoms with Gasteiger partial charge < -0.3 is 0 Å². The Morgan fingerprint density at radius 2 is 2.30 bits per heavy atom. The first-order valence-electron chi connectivity index (χ1n) is 3.86. The Bertz CT molecular complexity index is 118. The number of carbonyl (C=O) groups is 1. The maximum atomic E-state index is 11.1. The second-order valence-electron chi connectivity index (χ2n) is 2.84. The van der Waals surface area contributed by atoms with Crippen molar-refractivity contribution in [1.29, 1.82) is 0 Å². The molecule has 1 fully saturated rings. The fourth-order valence-corrected chi connectivity index (χ4v) is 1.43. The van der Waals surface area contributed by atoms with Gasteiger partial charge in [-0.2, -0.15) is 11.8 Å². The zero-order valence-corrected chi connectivity index (χ0v) is 7.25. The number of ketones is 1. The van der Waals surface area contributed by atoms with Crippen molar-refractivity contribution in [2.45, 2.75) is 25.7 Å². The van der Waals surface area contributed by atoms with Crippen LogP contribution in [0.25, 0.3) is 0 Å². The Morgan fingerprint density at radius 1 is 1.60 bits per heavy atom. The van der Waals surface area contributed by atoms with E-state index >= 15 is 0 Å². The smallest absolute Gasteiger partial charge is 0.136 e. The Kier molecular flexibility index (Phi) is 3.26. The van der Waals surface area contributed by atoms with Crippen LogP contribution in [0, 0.1) is 5.92 Å². The molecule has 0 aromatic carbocycles. The molecule has 0 spiro atoms. The predicted octanol–water partition coefficient (Wildman–Crippen LogP) is 2.11. The van der Waals surface area contributed by atoms with E-state index in [2.05, 4.69) is 6.26 Å². The van der Waals surface area contributed by atoms with Gasteiger partial charge in [0.05, 0.1) is 0 Å². The third-order valence-corrected chi connectivity index (χ3v) is 2.50. The van der Waals surface area contributed by atoms with Crippen LogP contribution < -0.4 is 0 Å². The zero-order chi connectivity index (χ0) is 7.40. The van der Waals surface area contributed by atoms with Crippen molar-refractivity contribution in [2.24, 2.45) is 5.92 Å². The molecule has 0 aromatic heterocycles. The van der Waals surface area contributed by atoms with Crippen LogP contribution >= 0.6 is 11.8 Å². The van der Waals surface area contributed by atoms with Gasteiger partial charge in [-0.3, -0.25) is 4.79 Å². The van der Waals surface area contributed by atoms with Crippen molar-refractivity contribution in [3.8, 4) is 0 Å². The molecule has 0 N–H and O–H groups in total. The molecule has 58 valence electrons. The van der Waals surface area contributed by atoms with E-state index in [4.69, 9.17) is 0 Å². The van der Waals surface area contributed by atoms with Crippen LogP contribution in [0.3, 0.4) is 0 Å². The lowest BCUT2D eigenvalue weighted by atomic mass is 10.2. The summed E-state index contributed by atoms with van der Waals surface area (Å²) in [5, 5.41) is 0. The van der Waals surface area contributed by atoms with Gasteiger partial charge in [0.15, 0.2) is 0 Å². The summed E-state index contributed by atoms with van der Waals surface area (Å²) in [6, 6.07) is 0. The third-order valence-electron chi connectivity index (χ3n) is 1.80. The molecule has 0 saturated heterocycles. The molecule has 0 amide bonds. The molecule has 0 heterocycles. The number of hydrogen-bond acceptors (Lipinski definition) is 2. The molecular weight excluding hydrogens is 144 g/mol. The van der Waals surface area contributed by atoms with Gasteiger partial charge in [-0.05, 0) is 31.3 Å². The summed E-state index contributed by atoms with van der Waals surface area (Å²) >= 11 is 1.82. The summed E-state index contributed by atoms with van der Waals surface area (Å²) in [5.41, 5.74) is 0. The Hall–Kier alpha value is 0.0200. The van der Waals surface area contributed by atoms with Crippen LogP contribution in [0.1, 0.15) is 25.7 Å². The lowest BCUT2D eigenvalue weighted by molar-refractivity contribution is -0.120. The van der Waals surface area contributed by atoms with Crippen LogP contribution in [0.5, 0.6) is 0 Å². The standard InChI is InChI=1S/C8H14OS/c1-10-6-2-3-8(9)7-4-5-7/h7H,2-6H2,1H3. The van der Waals surface area contributed by atoms with Gasteiger partial charge in [0, 0.05) is 12.3 Å². The fraction of sp³-hybridized carbons (Fsp3) is 0.875. The highest BCUT2D eigenvalue weighted by molar-refractivity contribution is 7.98. The maximum absolute atomic E-state index is 11.1. The Balaban J connectivity index is 1.95. The summed E-state index contributed by atoms with van der Waals surface area (Å²) in [6.07, 6.45) is 6.32. The molecule has 1 saturated carbocycles. The zero-order valence-electron chi connectivity index (χ0n) is 6.43. The molecule has 10 heavy (non-hydrogen) atoms. The highest BCUT2D eigenvalue weighted by Gasteiger charge is 2.28. The number of rotatable bonds is 5. The third kappa shape index (κ3) is 2.74. The Morgan fingerprint density at radius 3 is 2.80 bits per heavy atom. The number of thioether (sulfide) groups is 1. The quantitative estimate of drug-likeness (QED) is 0.570. The molecule has 1 rings (SSSR count). The molecule has 0 aliphatic heterocycles. The van der Waals surface area contributed by atoms with Crippen LogP contribution in [0.15, 0.2) is 0 Å². The molecule has 0 aromatic rings. The van der Waals surface area contributed by atoms with E-state index in [1.165, 1.54) is 0 Å². The Labute approximate surface area is 66.6 Å². The molecule has 0 bridgehead atoms. The topological polar surface area (TPSA) is 17.1 Å². The van der Waals surface area contributed by atoms with Gasteiger partial charge in [-0.1, -0.05) is 0 Å². The normalized spacial score (nSPS) is 17.3.